The number of para-hydroxylation sites is 2. The molecular formula is C58H48Ir2N4-. The van der Waals surface area contributed by atoms with Gasteiger partial charge in [-0.15, -0.1) is 47.5 Å². The molecule has 0 spiro atoms. The molecule has 4 nitrogen and oxygen atoms in total. The Morgan fingerprint density at radius 2 is 0.859 bits per heavy atom. The number of nitrogens with zero attached hydrogens (tertiary/aromatic N) is 4. The number of fused-ring (bicyclic) bond motifs is 8. The van der Waals surface area contributed by atoms with Crippen LogP contribution >= 0.6 is 0 Å². The van der Waals surface area contributed by atoms with Gasteiger partial charge in [0.05, 0.1) is 0 Å². The van der Waals surface area contributed by atoms with E-state index in [4.69, 9.17) is 9.97 Å². The maximum atomic E-state index is 4.95. The first-order valence-corrected chi connectivity index (χ1v) is 20.9. The molecule has 0 aliphatic carbocycles. The van der Waals surface area contributed by atoms with E-state index < -0.39 is 0 Å². The second-order valence-corrected chi connectivity index (χ2v) is 16.4. The van der Waals surface area contributed by atoms with Gasteiger partial charge in [-0.2, -0.15) is 0 Å². The Morgan fingerprint density at radius 1 is 0.453 bits per heavy atom. The van der Waals surface area contributed by atoms with E-state index in [1.807, 2.05) is 24.5 Å². The molecule has 319 valence electrons. The van der Waals surface area contributed by atoms with Gasteiger partial charge in [-0.3, -0.25) is 0 Å². The van der Waals surface area contributed by atoms with E-state index in [9.17, 15) is 0 Å². The SMILES string of the molecule is CC(C)c1ccc2cnc3c(c2c1)N(c1ccccc1)c1cccc2cc[c-]c-3c12.CC(C)c1ccc2cnc3c(c2c1)N(c1ccccc1)c1cccc2cc[c-]c-3c12.[CH3-].[CH3-].[Ir+3].[Ir]. The minimum atomic E-state index is 0. The summed E-state index contributed by atoms with van der Waals surface area (Å²) >= 11 is 0. The molecule has 0 amide bonds. The van der Waals surface area contributed by atoms with E-state index in [0.29, 0.717) is 11.8 Å². The van der Waals surface area contributed by atoms with Crippen LogP contribution in [0.25, 0.3) is 65.6 Å². The van der Waals surface area contributed by atoms with Crippen LogP contribution in [0.1, 0.15) is 50.7 Å². The molecule has 2 aliphatic heterocycles. The fraction of sp³-hybridized carbons (Fsp3) is 0.103. The molecule has 2 aromatic heterocycles. The van der Waals surface area contributed by atoms with Gasteiger partial charge in [0.15, 0.2) is 0 Å². The monoisotopic (exact) mass is 1190 g/mol. The van der Waals surface area contributed by atoms with Crippen LogP contribution in [0.5, 0.6) is 0 Å². The van der Waals surface area contributed by atoms with Crippen molar-refractivity contribution in [2.24, 2.45) is 0 Å². The second-order valence-electron chi connectivity index (χ2n) is 16.4. The minimum Gasteiger partial charge on any atom is -0.358 e. The van der Waals surface area contributed by atoms with Gasteiger partial charge >= 0.3 is 20.1 Å². The largest absolute Gasteiger partial charge is 3.00 e. The maximum absolute atomic E-state index is 4.95. The van der Waals surface area contributed by atoms with E-state index in [1.54, 1.807) is 0 Å². The number of hydrogen-bond acceptors (Lipinski definition) is 4. The number of rotatable bonds is 4. The summed E-state index contributed by atoms with van der Waals surface area (Å²) in [5.74, 6) is 0.934. The quantitative estimate of drug-likeness (QED) is 0.164. The van der Waals surface area contributed by atoms with E-state index in [0.717, 1.165) is 56.0 Å². The van der Waals surface area contributed by atoms with Crippen LogP contribution in [0.3, 0.4) is 0 Å². The molecule has 10 aromatic rings. The summed E-state index contributed by atoms with van der Waals surface area (Å²) in [5, 5.41) is 9.63. The van der Waals surface area contributed by atoms with Gasteiger partial charge in [-0.25, -0.2) is 0 Å². The molecule has 0 N–H and O–H groups in total. The Balaban J connectivity index is 0.000000180. The normalized spacial score (nSPS) is 11.8. The van der Waals surface area contributed by atoms with Crippen molar-refractivity contribution in [1.82, 2.24) is 9.97 Å². The maximum Gasteiger partial charge on any atom is 3.00 e. The zero-order chi connectivity index (χ0) is 40.5. The fourth-order valence-electron chi connectivity index (χ4n) is 9.15. The van der Waals surface area contributed by atoms with E-state index in [2.05, 4.69) is 195 Å². The predicted octanol–water partition coefficient (Wildman–Crippen LogP) is 16.4. The molecule has 0 atom stereocenters. The summed E-state index contributed by atoms with van der Waals surface area (Å²) in [6.45, 7) is 8.97. The molecular weight excluding hydrogens is 1140 g/mol. The fourth-order valence-corrected chi connectivity index (χ4v) is 9.15. The van der Waals surface area contributed by atoms with Crippen molar-refractivity contribution in [3.8, 4) is 22.5 Å². The molecule has 6 heteroatoms. The molecule has 12 rings (SSSR count). The van der Waals surface area contributed by atoms with Crippen LogP contribution in [-0.2, 0) is 40.2 Å². The van der Waals surface area contributed by atoms with Gasteiger partial charge in [0.1, 0.15) is 0 Å². The van der Waals surface area contributed by atoms with Crippen molar-refractivity contribution in [2.45, 2.75) is 39.5 Å². The molecule has 4 heterocycles. The Hall–Kier alpha value is -6.00. The van der Waals surface area contributed by atoms with E-state index in [1.165, 1.54) is 54.8 Å². The first-order valence-electron chi connectivity index (χ1n) is 20.9. The van der Waals surface area contributed by atoms with Crippen molar-refractivity contribution < 1.29 is 40.2 Å². The smallest absolute Gasteiger partial charge is 0.358 e. The first-order chi connectivity index (χ1) is 29.4. The summed E-state index contributed by atoms with van der Waals surface area (Å²) in [5.41, 5.74) is 13.8. The zero-order valence-electron chi connectivity index (χ0n) is 36.8. The molecule has 64 heavy (non-hydrogen) atoms. The second kappa shape index (κ2) is 18.6. The summed E-state index contributed by atoms with van der Waals surface area (Å²) in [4.78, 5) is 14.6. The van der Waals surface area contributed by atoms with Crippen LogP contribution < -0.4 is 9.80 Å². The van der Waals surface area contributed by atoms with Crippen LogP contribution in [0.4, 0.5) is 34.1 Å². The standard InChI is InChI=1S/2C28H21N2.2CH3.2Ir/c2*1-18(2)20-14-15-21-17-29-27-23-12-6-8-19-9-7-13-25(26(19)23)30(28(27)24(21)16-20)22-10-4-3-5-11-22;;;;/h2*3-11,13-18H,1-2H3;2*1H3;;/q4*-1;;+3. The summed E-state index contributed by atoms with van der Waals surface area (Å²) in [6, 6.07) is 63.0. The van der Waals surface area contributed by atoms with E-state index >= 15 is 0 Å². The Bertz CT molecular complexity index is 3060. The third-order valence-corrected chi connectivity index (χ3v) is 12.2. The van der Waals surface area contributed by atoms with Gasteiger partial charge in [-0.1, -0.05) is 134 Å². The van der Waals surface area contributed by atoms with Gasteiger partial charge < -0.3 is 34.6 Å². The molecule has 1 radical (unpaired) electrons. The Morgan fingerprint density at radius 3 is 1.25 bits per heavy atom. The topological polar surface area (TPSA) is 32.3 Å². The predicted molar refractivity (Wildman–Crippen MR) is 265 cm³/mol. The third-order valence-electron chi connectivity index (χ3n) is 12.2. The Kier molecular flexibility index (Phi) is 13.4. The van der Waals surface area contributed by atoms with Crippen LogP contribution in [-0.4, -0.2) is 9.97 Å². The van der Waals surface area contributed by atoms with Crippen LogP contribution in [0.15, 0.2) is 170 Å². The number of benzene rings is 8. The molecule has 0 bridgehead atoms. The number of hydrogen-bond donors (Lipinski definition) is 0. The average Bonchev–Trinajstić information content (AvgIpc) is 3.29. The summed E-state index contributed by atoms with van der Waals surface area (Å²) < 4.78 is 0. The minimum absolute atomic E-state index is 0. The molecule has 0 saturated carbocycles. The number of pyridine rings is 2. The molecule has 2 aliphatic rings. The third kappa shape index (κ3) is 7.53. The van der Waals surface area contributed by atoms with Gasteiger partial charge in [0, 0.05) is 99.6 Å². The first kappa shape index (κ1) is 46.0. The van der Waals surface area contributed by atoms with Gasteiger partial charge in [-0.05, 0) is 71.5 Å². The number of aromatic nitrogens is 2. The van der Waals surface area contributed by atoms with Crippen molar-refractivity contribution in [1.29, 1.82) is 0 Å². The molecule has 0 unspecified atom stereocenters. The zero-order valence-corrected chi connectivity index (χ0v) is 41.6. The summed E-state index contributed by atoms with van der Waals surface area (Å²) in [7, 11) is 0. The number of anilines is 6. The van der Waals surface area contributed by atoms with Crippen molar-refractivity contribution >= 4 is 77.2 Å². The molecule has 0 fully saturated rings. The summed E-state index contributed by atoms with van der Waals surface area (Å²) in [6.07, 6.45) is 4.00. The van der Waals surface area contributed by atoms with Crippen molar-refractivity contribution in [2.75, 3.05) is 9.80 Å². The van der Waals surface area contributed by atoms with Crippen molar-refractivity contribution in [3.63, 3.8) is 0 Å². The van der Waals surface area contributed by atoms with Crippen LogP contribution in [0.2, 0.25) is 0 Å². The van der Waals surface area contributed by atoms with Gasteiger partial charge in [0.2, 0.25) is 0 Å². The average molecular weight is 1190 g/mol. The Labute approximate surface area is 404 Å². The molecule has 8 aromatic carbocycles. The van der Waals surface area contributed by atoms with Crippen molar-refractivity contribution in [3.05, 3.63) is 208 Å². The molecule has 0 saturated heterocycles. The van der Waals surface area contributed by atoms with Gasteiger partial charge in [0.25, 0.3) is 0 Å². The van der Waals surface area contributed by atoms with E-state index in [-0.39, 0.29) is 55.1 Å². The van der Waals surface area contributed by atoms with Crippen LogP contribution in [0, 0.1) is 27.0 Å².